The van der Waals surface area contributed by atoms with Crippen LogP contribution in [0.5, 0.6) is 11.5 Å². The van der Waals surface area contributed by atoms with E-state index in [-0.39, 0.29) is 11.8 Å². The molecular formula is C22H19N3O2. The summed E-state index contributed by atoms with van der Waals surface area (Å²) in [5, 5.41) is 15.3. The maximum absolute atomic E-state index is 10.9. The molecule has 0 amide bonds. The molecule has 1 atom stereocenters. The molecule has 0 saturated carbocycles. The molecule has 2 N–H and O–H groups in total. The van der Waals surface area contributed by atoms with Gasteiger partial charge < -0.3 is 15.2 Å². The van der Waals surface area contributed by atoms with Gasteiger partial charge in [-0.1, -0.05) is 30.3 Å². The fraction of sp³-hybridized carbons (Fsp3) is 0.0909. The maximum atomic E-state index is 10.9. The van der Waals surface area contributed by atoms with Crippen LogP contribution in [0.2, 0.25) is 0 Å². The normalized spacial score (nSPS) is 11.9. The molecule has 4 rings (SSSR count). The summed E-state index contributed by atoms with van der Waals surface area (Å²) in [7, 11) is 1.64. The third kappa shape index (κ3) is 3.40. The van der Waals surface area contributed by atoms with Gasteiger partial charge in [-0.05, 0) is 29.8 Å². The van der Waals surface area contributed by atoms with E-state index in [1.165, 1.54) is 0 Å². The quantitative estimate of drug-likeness (QED) is 0.549. The predicted molar refractivity (Wildman–Crippen MR) is 106 cm³/mol. The molecule has 27 heavy (non-hydrogen) atoms. The highest BCUT2D eigenvalue weighted by Gasteiger charge is 2.20. The van der Waals surface area contributed by atoms with Crippen molar-refractivity contribution in [2.75, 3.05) is 12.4 Å². The third-order valence-corrected chi connectivity index (χ3v) is 4.49. The number of benzene rings is 2. The zero-order chi connectivity index (χ0) is 18.6. The van der Waals surface area contributed by atoms with Gasteiger partial charge in [0.2, 0.25) is 0 Å². The second-order valence-corrected chi connectivity index (χ2v) is 6.17. The number of pyridine rings is 2. The van der Waals surface area contributed by atoms with Crippen molar-refractivity contribution in [2.24, 2.45) is 0 Å². The Hall–Kier alpha value is -3.60. The summed E-state index contributed by atoms with van der Waals surface area (Å²) in [6, 6.07) is 18.9. The average molecular weight is 357 g/mol. The number of aromatic hydroxyl groups is 1. The van der Waals surface area contributed by atoms with Crippen LogP contribution in [0.3, 0.4) is 0 Å². The van der Waals surface area contributed by atoms with Gasteiger partial charge in [0.15, 0.2) is 0 Å². The number of phenolic OH excluding ortho intramolecular Hbond substituents is 1. The summed E-state index contributed by atoms with van der Waals surface area (Å²) in [6.45, 7) is 0. The first-order valence-corrected chi connectivity index (χ1v) is 8.63. The van der Waals surface area contributed by atoms with Crippen molar-refractivity contribution in [2.45, 2.75) is 6.04 Å². The van der Waals surface area contributed by atoms with Crippen LogP contribution in [0.25, 0.3) is 10.9 Å². The Kier molecular flexibility index (Phi) is 4.58. The summed E-state index contributed by atoms with van der Waals surface area (Å²) in [5.41, 5.74) is 3.13. The standard InChI is InChI=1S/C22H19N3O2/c1-27-18-8-2-7-17(13-18)25-20(16-6-3-11-23-14-16)19-10-9-15-5-4-12-24-21(15)22(19)26/h2-14,20,25-26H,1H3. The molecule has 0 spiro atoms. The summed E-state index contributed by atoms with van der Waals surface area (Å²) in [4.78, 5) is 8.57. The number of nitrogens with zero attached hydrogens (tertiary/aromatic N) is 2. The van der Waals surface area contributed by atoms with Crippen LogP contribution in [0.1, 0.15) is 17.2 Å². The molecular weight excluding hydrogens is 338 g/mol. The van der Waals surface area contributed by atoms with Crippen molar-refractivity contribution in [3.63, 3.8) is 0 Å². The monoisotopic (exact) mass is 357 g/mol. The highest BCUT2D eigenvalue weighted by molar-refractivity contribution is 5.86. The van der Waals surface area contributed by atoms with Gasteiger partial charge in [0.1, 0.15) is 17.0 Å². The van der Waals surface area contributed by atoms with E-state index in [1.807, 2.05) is 60.7 Å². The molecule has 4 aromatic rings. The highest BCUT2D eigenvalue weighted by atomic mass is 16.5. The van der Waals surface area contributed by atoms with Crippen molar-refractivity contribution in [3.8, 4) is 11.5 Å². The molecule has 0 aliphatic heterocycles. The number of rotatable bonds is 5. The van der Waals surface area contributed by atoms with E-state index in [1.54, 1.807) is 25.7 Å². The summed E-state index contributed by atoms with van der Waals surface area (Å²) in [5.74, 6) is 0.923. The molecule has 0 aliphatic carbocycles. The lowest BCUT2D eigenvalue weighted by Crippen LogP contribution is -2.13. The van der Waals surface area contributed by atoms with E-state index in [2.05, 4.69) is 15.3 Å². The lowest BCUT2D eigenvalue weighted by atomic mass is 9.97. The van der Waals surface area contributed by atoms with Crippen molar-refractivity contribution in [1.29, 1.82) is 0 Å². The first kappa shape index (κ1) is 16.8. The maximum Gasteiger partial charge on any atom is 0.147 e. The molecule has 5 heteroatoms. The van der Waals surface area contributed by atoms with Crippen LogP contribution in [-0.2, 0) is 0 Å². The van der Waals surface area contributed by atoms with Crippen LogP contribution in [0.4, 0.5) is 5.69 Å². The molecule has 0 aliphatic rings. The van der Waals surface area contributed by atoms with E-state index < -0.39 is 0 Å². The number of fused-ring (bicyclic) bond motifs is 1. The third-order valence-electron chi connectivity index (χ3n) is 4.49. The fourth-order valence-corrected chi connectivity index (χ4v) is 3.15. The first-order valence-electron chi connectivity index (χ1n) is 8.63. The topological polar surface area (TPSA) is 67.3 Å². The summed E-state index contributed by atoms with van der Waals surface area (Å²) < 4.78 is 5.32. The van der Waals surface area contributed by atoms with E-state index in [0.29, 0.717) is 5.52 Å². The smallest absolute Gasteiger partial charge is 0.147 e. The van der Waals surface area contributed by atoms with Crippen molar-refractivity contribution < 1.29 is 9.84 Å². The van der Waals surface area contributed by atoms with E-state index >= 15 is 0 Å². The number of nitrogens with one attached hydrogen (secondary N) is 1. The molecule has 134 valence electrons. The van der Waals surface area contributed by atoms with Gasteiger partial charge in [-0.15, -0.1) is 0 Å². The van der Waals surface area contributed by atoms with Gasteiger partial charge >= 0.3 is 0 Å². The molecule has 5 nitrogen and oxygen atoms in total. The van der Waals surface area contributed by atoms with Gasteiger partial charge in [-0.25, -0.2) is 0 Å². The number of anilines is 1. The number of ether oxygens (including phenoxy) is 1. The molecule has 0 bridgehead atoms. The van der Waals surface area contributed by atoms with Gasteiger partial charge in [0.05, 0.1) is 13.2 Å². The van der Waals surface area contributed by atoms with Crippen LogP contribution < -0.4 is 10.1 Å². The van der Waals surface area contributed by atoms with E-state index in [0.717, 1.165) is 28.0 Å². The second kappa shape index (κ2) is 7.33. The van der Waals surface area contributed by atoms with Crippen molar-refractivity contribution in [1.82, 2.24) is 9.97 Å². The minimum Gasteiger partial charge on any atom is -0.505 e. The highest BCUT2D eigenvalue weighted by Crippen LogP contribution is 2.36. The SMILES string of the molecule is COc1cccc(NC(c2cccnc2)c2ccc3cccnc3c2O)c1. The molecule has 2 aromatic carbocycles. The molecule has 2 aromatic heterocycles. The fourth-order valence-electron chi connectivity index (χ4n) is 3.15. The Morgan fingerprint density at radius 1 is 1.00 bits per heavy atom. The summed E-state index contributed by atoms with van der Waals surface area (Å²) in [6.07, 6.45) is 5.20. The second-order valence-electron chi connectivity index (χ2n) is 6.17. The minimum atomic E-state index is -0.294. The largest absolute Gasteiger partial charge is 0.505 e. The Labute approximate surface area is 157 Å². The van der Waals surface area contributed by atoms with E-state index in [9.17, 15) is 5.11 Å². The minimum absolute atomic E-state index is 0.164. The van der Waals surface area contributed by atoms with Crippen LogP contribution in [0, 0.1) is 0 Å². The Bertz CT molecular complexity index is 1070. The molecule has 1 unspecified atom stereocenters. The molecule has 0 saturated heterocycles. The number of aromatic nitrogens is 2. The van der Waals surface area contributed by atoms with E-state index in [4.69, 9.17) is 4.74 Å². The van der Waals surface area contributed by atoms with Crippen LogP contribution in [-0.4, -0.2) is 22.2 Å². The van der Waals surface area contributed by atoms with Crippen LogP contribution in [0.15, 0.2) is 79.3 Å². The van der Waals surface area contributed by atoms with Crippen molar-refractivity contribution >= 4 is 16.6 Å². The number of hydrogen-bond donors (Lipinski definition) is 2. The number of methoxy groups -OCH3 is 1. The van der Waals surface area contributed by atoms with Gasteiger partial charge in [-0.3, -0.25) is 9.97 Å². The van der Waals surface area contributed by atoms with Crippen LogP contribution >= 0.6 is 0 Å². The first-order chi connectivity index (χ1) is 13.3. The predicted octanol–water partition coefficient (Wildman–Crippen LogP) is 4.55. The Morgan fingerprint density at radius 2 is 1.89 bits per heavy atom. The van der Waals surface area contributed by atoms with Gasteiger partial charge in [0, 0.05) is 41.3 Å². The Morgan fingerprint density at radius 3 is 2.70 bits per heavy atom. The number of phenols is 1. The lowest BCUT2D eigenvalue weighted by Gasteiger charge is -2.22. The molecule has 2 heterocycles. The van der Waals surface area contributed by atoms with Gasteiger partial charge in [0.25, 0.3) is 0 Å². The zero-order valence-electron chi connectivity index (χ0n) is 14.8. The van der Waals surface area contributed by atoms with Gasteiger partial charge in [-0.2, -0.15) is 0 Å². The lowest BCUT2D eigenvalue weighted by molar-refractivity contribution is 0.415. The number of hydrogen-bond acceptors (Lipinski definition) is 5. The average Bonchev–Trinajstić information content (AvgIpc) is 2.74. The molecule has 0 fully saturated rings. The zero-order valence-corrected chi connectivity index (χ0v) is 14.8. The van der Waals surface area contributed by atoms with Crippen molar-refractivity contribution in [3.05, 3.63) is 90.4 Å². The Balaban J connectivity index is 1.82. The molecule has 0 radical (unpaired) electrons. The summed E-state index contributed by atoms with van der Waals surface area (Å²) >= 11 is 0.